The molecule has 0 spiro atoms. The molecule has 1 aromatic rings. The molecule has 1 aromatic carbocycles. The Bertz CT molecular complexity index is 423. The fourth-order valence-corrected chi connectivity index (χ4v) is 1.15. The van der Waals surface area contributed by atoms with E-state index < -0.39 is 23.4 Å². The Morgan fingerprint density at radius 3 is 2.24 bits per heavy atom. The number of alkyl halides is 3. The van der Waals surface area contributed by atoms with Crippen molar-refractivity contribution in [1.82, 2.24) is 0 Å². The molecule has 92 valence electrons. The number of carbonyl (C=O) groups is 1. The summed E-state index contributed by atoms with van der Waals surface area (Å²) >= 11 is 0. The normalized spacial score (nSPS) is 11.1. The Labute approximate surface area is 95.7 Å². The van der Waals surface area contributed by atoms with Gasteiger partial charge in [0.1, 0.15) is 5.71 Å². The molecule has 0 unspecified atom stereocenters. The average Bonchev–Trinajstić information content (AvgIpc) is 2.27. The lowest BCUT2D eigenvalue weighted by atomic mass is 10.1. The van der Waals surface area contributed by atoms with E-state index in [-0.39, 0.29) is 12.2 Å². The number of nitrogens with one attached hydrogen (secondary N) is 1. The van der Waals surface area contributed by atoms with Gasteiger partial charge in [0.2, 0.25) is 0 Å². The molecule has 3 nitrogen and oxygen atoms in total. The predicted octanol–water partition coefficient (Wildman–Crippen LogP) is 2.64. The van der Waals surface area contributed by atoms with Gasteiger partial charge in [-0.3, -0.25) is 5.41 Å². The van der Waals surface area contributed by atoms with E-state index in [1.807, 2.05) is 0 Å². The van der Waals surface area contributed by atoms with Crippen LogP contribution in [-0.4, -0.2) is 18.3 Å². The summed E-state index contributed by atoms with van der Waals surface area (Å²) in [6, 6.07) is 3.79. The summed E-state index contributed by atoms with van der Waals surface area (Å²) in [5.41, 5.74) is -1.19. The standard InChI is InChI=1S/C11H10F3NO2/c1-2-17-10(16)9(15)7-3-5-8(6-4-7)11(12,13)14/h3-6,15H,2H2,1H3. The second kappa shape index (κ2) is 4.99. The highest BCUT2D eigenvalue weighted by atomic mass is 19.4. The Kier molecular flexibility index (Phi) is 3.88. The molecule has 6 heteroatoms. The minimum Gasteiger partial charge on any atom is -0.461 e. The average molecular weight is 245 g/mol. The van der Waals surface area contributed by atoms with E-state index >= 15 is 0 Å². The van der Waals surface area contributed by atoms with Crippen molar-refractivity contribution in [2.75, 3.05) is 6.61 Å². The molecule has 0 saturated carbocycles. The molecule has 0 fully saturated rings. The topological polar surface area (TPSA) is 50.2 Å². The molecule has 0 aromatic heterocycles. The summed E-state index contributed by atoms with van der Waals surface area (Å²) in [7, 11) is 0. The smallest absolute Gasteiger partial charge is 0.416 e. The maximum absolute atomic E-state index is 12.3. The van der Waals surface area contributed by atoms with Crippen molar-refractivity contribution in [2.24, 2.45) is 0 Å². The van der Waals surface area contributed by atoms with Gasteiger partial charge in [0.15, 0.2) is 0 Å². The van der Waals surface area contributed by atoms with Crippen LogP contribution >= 0.6 is 0 Å². The molecule has 0 aliphatic carbocycles. The lowest BCUT2D eigenvalue weighted by Crippen LogP contribution is -2.17. The molecule has 0 heterocycles. The number of hydrogen-bond donors (Lipinski definition) is 1. The van der Waals surface area contributed by atoms with Crippen molar-refractivity contribution < 1.29 is 22.7 Å². The fourth-order valence-electron chi connectivity index (χ4n) is 1.15. The van der Waals surface area contributed by atoms with E-state index in [1.54, 1.807) is 6.92 Å². The molecule has 0 aliphatic rings. The summed E-state index contributed by atoms with van der Waals surface area (Å²) in [5, 5.41) is 7.41. The second-order valence-electron chi connectivity index (χ2n) is 3.17. The number of esters is 1. The van der Waals surface area contributed by atoms with Gasteiger partial charge in [-0.1, -0.05) is 12.1 Å². The third-order valence-corrected chi connectivity index (χ3v) is 1.98. The number of rotatable bonds is 3. The maximum Gasteiger partial charge on any atom is 0.416 e. The van der Waals surface area contributed by atoms with Crippen LogP contribution in [0, 0.1) is 5.41 Å². The van der Waals surface area contributed by atoms with Crippen molar-refractivity contribution in [2.45, 2.75) is 13.1 Å². The zero-order chi connectivity index (χ0) is 13.1. The molecule has 1 rings (SSSR count). The van der Waals surface area contributed by atoms with Gasteiger partial charge in [-0.05, 0) is 19.1 Å². The van der Waals surface area contributed by atoms with Gasteiger partial charge in [0.25, 0.3) is 0 Å². The van der Waals surface area contributed by atoms with Gasteiger partial charge in [-0.25, -0.2) is 4.79 Å². The molecule has 0 aliphatic heterocycles. The zero-order valence-corrected chi connectivity index (χ0v) is 8.97. The quantitative estimate of drug-likeness (QED) is 0.657. The second-order valence-corrected chi connectivity index (χ2v) is 3.17. The summed E-state index contributed by atoms with van der Waals surface area (Å²) in [6.07, 6.45) is -4.43. The minimum atomic E-state index is -4.43. The summed E-state index contributed by atoms with van der Waals surface area (Å²) in [4.78, 5) is 11.2. The summed E-state index contributed by atoms with van der Waals surface area (Å²) in [5.74, 6) is -0.854. The van der Waals surface area contributed by atoms with Gasteiger partial charge in [0.05, 0.1) is 12.2 Å². The van der Waals surface area contributed by atoms with Gasteiger partial charge in [-0.15, -0.1) is 0 Å². The van der Waals surface area contributed by atoms with E-state index in [2.05, 4.69) is 4.74 Å². The van der Waals surface area contributed by atoms with Crippen molar-refractivity contribution in [1.29, 1.82) is 5.41 Å². The molecular formula is C11H10F3NO2. The molecule has 0 amide bonds. The fraction of sp³-hybridized carbons (Fsp3) is 0.273. The largest absolute Gasteiger partial charge is 0.461 e. The van der Waals surface area contributed by atoms with Gasteiger partial charge in [0, 0.05) is 5.56 Å². The van der Waals surface area contributed by atoms with Crippen molar-refractivity contribution in [3.05, 3.63) is 35.4 Å². The predicted molar refractivity (Wildman–Crippen MR) is 54.9 cm³/mol. The zero-order valence-electron chi connectivity index (χ0n) is 8.97. The van der Waals surface area contributed by atoms with Crippen LogP contribution in [0.4, 0.5) is 13.2 Å². The maximum atomic E-state index is 12.3. The monoisotopic (exact) mass is 245 g/mol. The number of carbonyl (C=O) groups excluding carboxylic acids is 1. The minimum absolute atomic E-state index is 0.0939. The van der Waals surface area contributed by atoms with Gasteiger partial charge in [-0.2, -0.15) is 13.2 Å². The first-order valence-electron chi connectivity index (χ1n) is 4.79. The Morgan fingerprint density at radius 1 is 1.29 bits per heavy atom. The Morgan fingerprint density at radius 2 is 1.82 bits per heavy atom. The molecular weight excluding hydrogens is 235 g/mol. The first-order valence-corrected chi connectivity index (χ1v) is 4.79. The van der Waals surface area contributed by atoms with Crippen molar-refractivity contribution in [3.63, 3.8) is 0 Å². The van der Waals surface area contributed by atoms with Crippen molar-refractivity contribution >= 4 is 11.7 Å². The lowest BCUT2D eigenvalue weighted by Gasteiger charge is -2.07. The third kappa shape index (κ3) is 3.30. The highest BCUT2D eigenvalue weighted by Crippen LogP contribution is 2.29. The summed E-state index contributed by atoms with van der Waals surface area (Å²) in [6.45, 7) is 1.69. The van der Waals surface area contributed by atoms with E-state index in [4.69, 9.17) is 5.41 Å². The van der Waals surface area contributed by atoms with Crippen LogP contribution in [0.2, 0.25) is 0 Å². The van der Waals surface area contributed by atoms with Crippen LogP contribution < -0.4 is 0 Å². The van der Waals surface area contributed by atoms with E-state index in [9.17, 15) is 18.0 Å². The van der Waals surface area contributed by atoms with E-state index in [1.165, 1.54) is 0 Å². The molecule has 17 heavy (non-hydrogen) atoms. The number of ether oxygens (including phenoxy) is 1. The van der Waals surface area contributed by atoms with Crippen LogP contribution in [0.5, 0.6) is 0 Å². The molecule has 1 N–H and O–H groups in total. The van der Waals surface area contributed by atoms with Gasteiger partial charge >= 0.3 is 12.1 Å². The Balaban J connectivity index is 2.88. The first kappa shape index (κ1) is 13.2. The molecule has 0 atom stereocenters. The van der Waals surface area contributed by atoms with Crippen molar-refractivity contribution in [3.8, 4) is 0 Å². The summed E-state index contributed by atoms with van der Waals surface area (Å²) < 4.78 is 41.3. The highest BCUT2D eigenvalue weighted by molar-refractivity contribution is 6.41. The SMILES string of the molecule is CCOC(=O)C(=N)c1ccc(C(F)(F)F)cc1. The molecule has 0 saturated heterocycles. The van der Waals surface area contributed by atoms with Gasteiger partial charge < -0.3 is 4.74 Å². The highest BCUT2D eigenvalue weighted by Gasteiger charge is 2.30. The van der Waals surface area contributed by atoms with Crippen LogP contribution in [0.3, 0.4) is 0 Å². The Hall–Kier alpha value is -1.85. The van der Waals surface area contributed by atoms with E-state index in [0.29, 0.717) is 0 Å². The first-order chi connectivity index (χ1) is 7.86. The van der Waals surface area contributed by atoms with E-state index in [0.717, 1.165) is 24.3 Å². The number of hydrogen-bond acceptors (Lipinski definition) is 3. The van der Waals surface area contributed by atoms with Crippen LogP contribution in [0.1, 0.15) is 18.1 Å². The van der Waals surface area contributed by atoms with Crippen LogP contribution in [0.25, 0.3) is 0 Å². The molecule has 0 radical (unpaired) electrons. The van der Waals surface area contributed by atoms with Crippen LogP contribution in [0.15, 0.2) is 24.3 Å². The lowest BCUT2D eigenvalue weighted by molar-refractivity contribution is -0.137. The number of benzene rings is 1. The molecule has 0 bridgehead atoms. The van der Waals surface area contributed by atoms with Crippen LogP contribution in [-0.2, 0) is 15.7 Å². The third-order valence-electron chi connectivity index (χ3n) is 1.98. The number of halogens is 3.